The molecule has 0 heterocycles. The zero-order valence-electron chi connectivity index (χ0n) is 13.1. The van der Waals surface area contributed by atoms with Gasteiger partial charge in [0.25, 0.3) is 0 Å². The molecule has 0 aliphatic carbocycles. The summed E-state index contributed by atoms with van der Waals surface area (Å²) in [6.07, 6.45) is 0. The molecule has 9 heteroatoms. The molecular formula is C14H19N5O3S. The molecule has 1 rings (SSSR count). The molecule has 0 saturated heterocycles. The molecule has 0 radical (unpaired) electrons. The van der Waals surface area contributed by atoms with Crippen LogP contribution in [0.15, 0.2) is 34.5 Å². The third-order valence-electron chi connectivity index (χ3n) is 2.54. The van der Waals surface area contributed by atoms with E-state index in [0.717, 1.165) is 0 Å². The summed E-state index contributed by atoms with van der Waals surface area (Å²) in [4.78, 5) is 12.0. The summed E-state index contributed by atoms with van der Waals surface area (Å²) in [7, 11) is 1.54. The third-order valence-corrected chi connectivity index (χ3v) is 2.63. The summed E-state index contributed by atoms with van der Waals surface area (Å²) in [6, 6.07) is 7.14. The van der Waals surface area contributed by atoms with E-state index in [9.17, 15) is 4.79 Å². The third kappa shape index (κ3) is 5.91. The van der Waals surface area contributed by atoms with Crippen molar-refractivity contribution in [3.63, 3.8) is 0 Å². The molecule has 0 amide bonds. The Morgan fingerprint density at radius 3 is 2.65 bits per heavy atom. The highest BCUT2D eigenvalue weighted by Gasteiger charge is 2.17. The van der Waals surface area contributed by atoms with Crippen LogP contribution in [0.4, 0.5) is 5.69 Å². The average Bonchev–Trinajstić information content (AvgIpc) is 2.53. The van der Waals surface area contributed by atoms with Gasteiger partial charge in [-0.15, -0.1) is 0 Å². The lowest BCUT2D eigenvalue weighted by molar-refractivity contribution is -0.134. The van der Waals surface area contributed by atoms with Gasteiger partial charge in [0.15, 0.2) is 10.8 Å². The van der Waals surface area contributed by atoms with Gasteiger partial charge < -0.3 is 15.2 Å². The van der Waals surface area contributed by atoms with Gasteiger partial charge in [-0.3, -0.25) is 10.9 Å². The van der Waals surface area contributed by atoms with E-state index in [1.54, 1.807) is 32.0 Å². The second kappa shape index (κ2) is 9.36. The van der Waals surface area contributed by atoms with E-state index in [2.05, 4.69) is 33.3 Å². The smallest absolute Gasteiger partial charge is 0.360 e. The standard InChI is InChI=1S/C14H19N5O3S/c1-4-22-13(20)12(9(2)16-19-14(15)23)18-17-10-7-5-6-8-11(10)21-3/h5-8,17H,4H2,1-3H3,(H3,15,19,23). The summed E-state index contributed by atoms with van der Waals surface area (Å²) >= 11 is 4.66. The summed E-state index contributed by atoms with van der Waals surface area (Å²) in [6.45, 7) is 3.48. The molecule has 0 fully saturated rings. The van der Waals surface area contributed by atoms with Crippen LogP contribution in [0.25, 0.3) is 0 Å². The number of para-hydroxylation sites is 2. The first-order valence-corrected chi connectivity index (χ1v) is 7.14. The van der Waals surface area contributed by atoms with Crippen LogP contribution in [0.3, 0.4) is 0 Å². The van der Waals surface area contributed by atoms with Crippen molar-refractivity contribution < 1.29 is 14.3 Å². The minimum atomic E-state index is -0.624. The normalized spacial score (nSPS) is 11.6. The molecule has 8 nitrogen and oxygen atoms in total. The van der Waals surface area contributed by atoms with Crippen LogP contribution in [0.5, 0.6) is 5.75 Å². The maximum absolute atomic E-state index is 12.0. The first kappa shape index (κ1) is 18.4. The molecule has 0 aliphatic heterocycles. The number of esters is 1. The van der Waals surface area contributed by atoms with Crippen molar-refractivity contribution in [2.75, 3.05) is 19.1 Å². The van der Waals surface area contributed by atoms with Crippen LogP contribution >= 0.6 is 12.2 Å². The van der Waals surface area contributed by atoms with E-state index in [4.69, 9.17) is 15.2 Å². The Balaban J connectivity index is 3.05. The number of hydrazone groups is 2. The lowest BCUT2D eigenvalue weighted by Crippen LogP contribution is -2.30. The van der Waals surface area contributed by atoms with Crippen molar-refractivity contribution in [3.05, 3.63) is 24.3 Å². The number of methoxy groups -OCH3 is 1. The minimum absolute atomic E-state index is 0.0125. The zero-order chi connectivity index (χ0) is 17.2. The van der Waals surface area contributed by atoms with Crippen molar-refractivity contribution >= 4 is 40.4 Å². The van der Waals surface area contributed by atoms with Crippen LogP contribution < -0.4 is 21.3 Å². The molecule has 1 aromatic rings. The number of nitrogens with one attached hydrogen (secondary N) is 2. The number of nitrogens with two attached hydrogens (primary N) is 1. The van der Waals surface area contributed by atoms with Gasteiger partial charge in [-0.1, -0.05) is 12.1 Å². The summed E-state index contributed by atoms with van der Waals surface area (Å²) < 4.78 is 10.2. The molecule has 0 atom stereocenters. The molecule has 0 aromatic heterocycles. The molecule has 0 saturated carbocycles. The fraction of sp³-hybridized carbons (Fsp3) is 0.286. The number of rotatable bonds is 7. The molecule has 0 aliphatic rings. The largest absolute Gasteiger partial charge is 0.495 e. The van der Waals surface area contributed by atoms with Gasteiger partial charge in [0, 0.05) is 0 Å². The zero-order valence-corrected chi connectivity index (χ0v) is 13.9. The number of benzene rings is 1. The van der Waals surface area contributed by atoms with Gasteiger partial charge in [0.05, 0.1) is 25.1 Å². The van der Waals surface area contributed by atoms with Crippen LogP contribution in [-0.4, -0.2) is 36.2 Å². The monoisotopic (exact) mass is 337 g/mol. The van der Waals surface area contributed by atoms with E-state index in [0.29, 0.717) is 11.4 Å². The van der Waals surface area contributed by atoms with E-state index in [1.807, 2.05) is 6.07 Å². The van der Waals surface area contributed by atoms with E-state index in [-0.39, 0.29) is 23.1 Å². The van der Waals surface area contributed by atoms with Crippen LogP contribution in [0.1, 0.15) is 13.8 Å². The van der Waals surface area contributed by atoms with Crippen molar-refractivity contribution in [2.24, 2.45) is 15.9 Å². The molecule has 0 spiro atoms. The lowest BCUT2D eigenvalue weighted by Gasteiger charge is -2.09. The highest BCUT2D eigenvalue weighted by Crippen LogP contribution is 2.22. The van der Waals surface area contributed by atoms with E-state index < -0.39 is 5.97 Å². The Morgan fingerprint density at radius 1 is 1.35 bits per heavy atom. The number of thiocarbonyl (C=S) groups is 1. The summed E-state index contributed by atoms with van der Waals surface area (Å²) in [5.74, 6) is -0.0452. The highest BCUT2D eigenvalue weighted by molar-refractivity contribution is 7.80. The summed E-state index contributed by atoms with van der Waals surface area (Å²) in [5.41, 5.74) is 11.3. The van der Waals surface area contributed by atoms with Crippen LogP contribution in [-0.2, 0) is 9.53 Å². The lowest BCUT2D eigenvalue weighted by atomic mass is 10.2. The quantitative estimate of drug-likeness (QED) is 0.297. The Labute approximate surface area is 139 Å². The number of hydrogen-bond donors (Lipinski definition) is 3. The number of carbonyl (C=O) groups excluding carboxylic acids is 1. The topological polar surface area (TPSA) is 110 Å². The van der Waals surface area contributed by atoms with Gasteiger partial charge in [0.1, 0.15) is 5.75 Å². The Kier molecular flexibility index (Phi) is 7.48. The van der Waals surface area contributed by atoms with Crippen molar-refractivity contribution in [1.29, 1.82) is 0 Å². The van der Waals surface area contributed by atoms with Crippen LogP contribution in [0, 0.1) is 0 Å². The molecule has 0 bridgehead atoms. The molecule has 124 valence electrons. The Hall–Kier alpha value is -2.68. The fourth-order valence-corrected chi connectivity index (χ4v) is 1.56. The predicted molar refractivity (Wildman–Crippen MR) is 93.7 cm³/mol. The minimum Gasteiger partial charge on any atom is -0.495 e. The van der Waals surface area contributed by atoms with E-state index in [1.165, 1.54) is 7.11 Å². The van der Waals surface area contributed by atoms with Crippen molar-refractivity contribution in [3.8, 4) is 5.75 Å². The molecular weight excluding hydrogens is 318 g/mol. The Bertz CT molecular complexity index is 631. The average molecular weight is 337 g/mol. The Morgan fingerprint density at radius 2 is 2.04 bits per heavy atom. The number of hydrogen-bond acceptors (Lipinski definition) is 7. The molecule has 0 unspecified atom stereocenters. The second-order valence-corrected chi connectivity index (χ2v) is 4.61. The van der Waals surface area contributed by atoms with Gasteiger partial charge in [-0.25, -0.2) is 4.79 Å². The number of carbonyl (C=O) groups is 1. The first-order chi connectivity index (χ1) is 11.0. The molecule has 23 heavy (non-hydrogen) atoms. The van der Waals surface area contributed by atoms with Crippen LogP contribution in [0.2, 0.25) is 0 Å². The number of nitrogens with zero attached hydrogens (tertiary/aromatic N) is 2. The first-order valence-electron chi connectivity index (χ1n) is 6.73. The number of anilines is 1. The fourth-order valence-electron chi connectivity index (χ4n) is 1.52. The highest BCUT2D eigenvalue weighted by atomic mass is 32.1. The molecule has 4 N–H and O–H groups in total. The number of ether oxygens (including phenoxy) is 2. The van der Waals surface area contributed by atoms with Gasteiger partial charge in [-0.2, -0.15) is 10.2 Å². The molecule has 1 aromatic carbocycles. The SMILES string of the molecule is CCOC(=O)C(=NNc1ccccc1OC)C(C)=NNC(N)=S. The summed E-state index contributed by atoms with van der Waals surface area (Å²) in [5, 5.41) is 7.91. The maximum atomic E-state index is 12.0. The second-order valence-electron chi connectivity index (χ2n) is 4.17. The van der Waals surface area contributed by atoms with Crippen molar-refractivity contribution in [1.82, 2.24) is 5.43 Å². The predicted octanol–water partition coefficient (Wildman–Crippen LogP) is 1.24. The van der Waals surface area contributed by atoms with E-state index >= 15 is 0 Å². The maximum Gasteiger partial charge on any atom is 0.360 e. The van der Waals surface area contributed by atoms with Crippen molar-refractivity contribution in [2.45, 2.75) is 13.8 Å². The van der Waals surface area contributed by atoms with Gasteiger partial charge in [0.2, 0.25) is 0 Å². The van der Waals surface area contributed by atoms with Gasteiger partial charge in [-0.05, 0) is 38.2 Å². The van der Waals surface area contributed by atoms with Gasteiger partial charge >= 0.3 is 5.97 Å².